The minimum absolute atomic E-state index is 0.349. The van der Waals surface area contributed by atoms with Crippen molar-refractivity contribution < 1.29 is 0 Å². The van der Waals surface area contributed by atoms with Gasteiger partial charge in [0.2, 0.25) is 5.95 Å². The number of anilines is 1. The Balaban J connectivity index is 2.54. The predicted molar refractivity (Wildman–Crippen MR) is 57.7 cm³/mol. The normalized spacial score (nSPS) is 13.8. The zero-order valence-electron chi connectivity index (χ0n) is 8.39. The fourth-order valence-corrected chi connectivity index (χ4v) is 1.72. The van der Waals surface area contributed by atoms with Gasteiger partial charge in [-0.15, -0.1) is 0 Å². The second-order valence-electron chi connectivity index (χ2n) is 3.46. The van der Waals surface area contributed by atoms with Crippen LogP contribution in [0.1, 0.15) is 0 Å². The van der Waals surface area contributed by atoms with Gasteiger partial charge in [-0.05, 0) is 0 Å². The molecule has 0 unspecified atom stereocenters. The van der Waals surface area contributed by atoms with Crippen molar-refractivity contribution in [1.29, 1.82) is 0 Å². The topological polar surface area (TPSA) is 97.1 Å². The molecule has 3 heterocycles. The second kappa shape index (κ2) is 2.81. The number of nitrogens with zero attached hydrogens (tertiary/aromatic N) is 4. The second-order valence-corrected chi connectivity index (χ2v) is 3.46. The molecule has 8 heteroatoms. The lowest BCUT2D eigenvalue weighted by molar-refractivity contribution is 0.824. The third-order valence-electron chi connectivity index (χ3n) is 2.53. The van der Waals surface area contributed by atoms with Crippen molar-refractivity contribution in [3.05, 3.63) is 20.8 Å². The number of fused-ring (bicyclic) bond motifs is 3. The fourth-order valence-electron chi connectivity index (χ4n) is 1.72. The maximum atomic E-state index is 11.7. The zero-order chi connectivity index (χ0) is 11.3. The molecule has 3 rings (SSSR count). The molecule has 16 heavy (non-hydrogen) atoms. The third kappa shape index (κ3) is 0.977. The van der Waals surface area contributed by atoms with Gasteiger partial charge in [0.05, 0.1) is 6.54 Å². The van der Waals surface area contributed by atoms with E-state index in [-0.39, 0.29) is 0 Å². The van der Waals surface area contributed by atoms with Crippen LogP contribution in [0.4, 0.5) is 5.95 Å². The summed E-state index contributed by atoms with van der Waals surface area (Å²) in [5.41, 5.74) is 2.48. The fraction of sp³-hybridized carbons (Fsp3) is 0.250. The van der Waals surface area contributed by atoms with Gasteiger partial charge in [-0.3, -0.25) is 18.9 Å². The number of aromatic nitrogens is 4. The SMILES string of the molecule is Cn1c(=O)[nH]c(=O)c2c1nc1n2CC=NN1. The highest BCUT2D eigenvalue weighted by Gasteiger charge is 2.17. The van der Waals surface area contributed by atoms with Gasteiger partial charge in [0.15, 0.2) is 11.2 Å². The molecule has 0 atom stereocenters. The quantitative estimate of drug-likeness (QED) is 0.584. The molecule has 0 amide bonds. The number of aryl methyl sites for hydroxylation is 1. The lowest BCUT2D eigenvalue weighted by Gasteiger charge is -2.08. The summed E-state index contributed by atoms with van der Waals surface area (Å²) in [5.74, 6) is 0.462. The number of hydrogen-bond donors (Lipinski definition) is 2. The maximum Gasteiger partial charge on any atom is 0.329 e. The Morgan fingerprint density at radius 2 is 2.25 bits per heavy atom. The summed E-state index contributed by atoms with van der Waals surface area (Å²) in [7, 11) is 1.56. The van der Waals surface area contributed by atoms with Gasteiger partial charge in [-0.1, -0.05) is 0 Å². The van der Waals surface area contributed by atoms with Crippen LogP contribution in [0.25, 0.3) is 11.2 Å². The minimum atomic E-state index is -0.478. The van der Waals surface area contributed by atoms with E-state index in [4.69, 9.17) is 0 Å². The van der Waals surface area contributed by atoms with Gasteiger partial charge in [0.1, 0.15) is 0 Å². The average Bonchev–Trinajstić information content (AvgIpc) is 2.65. The van der Waals surface area contributed by atoms with Crippen molar-refractivity contribution in [3.63, 3.8) is 0 Å². The Morgan fingerprint density at radius 3 is 3.06 bits per heavy atom. The van der Waals surface area contributed by atoms with Crippen molar-refractivity contribution in [2.45, 2.75) is 6.54 Å². The number of hydrogen-bond acceptors (Lipinski definition) is 5. The van der Waals surface area contributed by atoms with Crippen molar-refractivity contribution in [2.75, 3.05) is 5.43 Å². The average molecular weight is 220 g/mol. The zero-order valence-corrected chi connectivity index (χ0v) is 8.39. The van der Waals surface area contributed by atoms with Gasteiger partial charge < -0.3 is 0 Å². The molecular weight excluding hydrogens is 212 g/mol. The van der Waals surface area contributed by atoms with Crippen LogP contribution in [0, 0.1) is 0 Å². The minimum Gasteiger partial charge on any atom is -0.297 e. The largest absolute Gasteiger partial charge is 0.329 e. The number of rotatable bonds is 0. The van der Waals surface area contributed by atoms with Crippen molar-refractivity contribution in [3.8, 4) is 0 Å². The first-order chi connectivity index (χ1) is 7.68. The monoisotopic (exact) mass is 220 g/mol. The summed E-state index contributed by atoms with van der Waals surface area (Å²) in [6.45, 7) is 0.458. The summed E-state index contributed by atoms with van der Waals surface area (Å²) in [5, 5.41) is 3.84. The molecule has 0 saturated heterocycles. The van der Waals surface area contributed by atoms with Crippen LogP contribution in [0.15, 0.2) is 14.7 Å². The molecular formula is C8H8N6O2. The smallest absolute Gasteiger partial charge is 0.297 e. The Bertz CT molecular complexity index is 718. The highest BCUT2D eigenvalue weighted by Crippen LogP contribution is 2.16. The molecule has 0 bridgehead atoms. The molecule has 0 radical (unpaired) electrons. The van der Waals surface area contributed by atoms with E-state index in [1.807, 2.05) is 0 Å². The number of aromatic amines is 1. The van der Waals surface area contributed by atoms with Crippen molar-refractivity contribution in [1.82, 2.24) is 19.1 Å². The van der Waals surface area contributed by atoms with E-state index >= 15 is 0 Å². The number of H-pyrrole nitrogens is 1. The van der Waals surface area contributed by atoms with E-state index < -0.39 is 11.2 Å². The van der Waals surface area contributed by atoms with E-state index in [1.165, 1.54) is 4.57 Å². The Kier molecular flexibility index (Phi) is 1.56. The van der Waals surface area contributed by atoms with Gasteiger partial charge >= 0.3 is 5.69 Å². The summed E-state index contributed by atoms with van der Waals surface area (Å²) < 4.78 is 2.96. The standard InChI is InChI=1S/C8H8N6O2/c1-13-5-4(6(15)11-8(13)16)14-3-2-9-12-7(14)10-5/h2H,3H2,1H3,(H,10,12)(H,11,15,16). The number of imidazole rings is 1. The van der Waals surface area contributed by atoms with E-state index in [0.29, 0.717) is 23.7 Å². The molecule has 2 aromatic heterocycles. The van der Waals surface area contributed by atoms with Crippen molar-refractivity contribution in [2.24, 2.45) is 12.1 Å². The summed E-state index contributed by atoms with van der Waals surface area (Å²) in [4.78, 5) is 29.4. The first kappa shape index (κ1) is 8.89. The Hall–Kier alpha value is -2.38. The lowest BCUT2D eigenvalue weighted by Crippen LogP contribution is -2.29. The van der Waals surface area contributed by atoms with E-state index in [9.17, 15) is 9.59 Å². The molecule has 2 N–H and O–H groups in total. The van der Waals surface area contributed by atoms with Crippen LogP contribution in [0.5, 0.6) is 0 Å². The molecule has 82 valence electrons. The highest BCUT2D eigenvalue weighted by molar-refractivity contribution is 5.77. The molecule has 0 fully saturated rings. The first-order valence-corrected chi connectivity index (χ1v) is 4.65. The Labute approximate surface area is 88.2 Å². The van der Waals surface area contributed by atoms with E-state index in [0.717, 1.165) is 0 Å². The van der Waals surface area contributed by atoms with Gasteiger partial charge in [0, 0.05) is 13.3 Å². The first-order valence-electron chi connectivity index (χ1n) is 4.65. The molecule has 2 aromatic rings. The molecule has 0 saturated carbocycles. The van der Waals surface area contributed by atoms with Crippen LogP contribution in [-0.4, -0.2) is 25.3 Å². The van der Waals surface area contributed by atoms with Crippen LogP contribution in [0.3, 0.4) is 0 Å². The van der Waals surface area contributed by atoms with Crippen LogP contribution in [-0.2, 0) is 13.6 Å². The lowest BCUT2D eigenvalue weighted by atomic mass is 10.5. The van der Waals surface area contributed by atoms with E-state index in [2.05, 4.69) is 20.5 Å². The van der Waals surface area contributed by atoms with Crippen LogP contribution < -0.4 is 16.7 Å². The number of hydrazone groups is 1. The molecule has 0 spiro atoms. The van der Waals surface area contributed by atoms with Gasteiger partial charge in [-0.25, -0.2) is 10.2 Å². The maximum absolute atomic E-state index is 11.7. The molecule has 0 aliphatic carbocycles. The van der Waals surface area contributed by atoms with E-state index in [1.54, 1.807) is 17.8 Å². The molecule has 1 aliphatic rings. The summed E-state index contributed by atoms with van der Waals surface area (Å²) in [6.07, 6.45) is 1.62. The van der Waals surface area contributed by atoms with Crippen LogP contribution >= 0.6 is 0 Å². The van der Waals surface area contributed by atoms with Crippen molar-refractivity contribution >= 4 is 23.3 Å². The van der Waals surface area contributed by atoms with Gasteiger partial charge in [-0.2, -0.15) is 10.1 Å². The molecule has 8 nitrogen and oxygen atoms in total. The molecule has 0 aromatic carbocycles. The molecule has 1 aliphatic heterocycles. The number of nitrogens with one attached hydrogen (secondary N) is 2. The Morgan fingerprint density at radius 1 is 1.44 bits per heavy atom. The summed E-state index contributed by atoms with van der Waals surface area (Å²) >= 11 is 0. The third-order valence-corrected chi connectivity index (χ3v) is 2.53. The van der Waals surface area contributed by atoms with Crippen LogP contribution in [0.2, 0.25) is 0 Å². The highest BCUT2D eigenvalue weighted by atomic mass is 16.2. The summed E-state index contributed by atoms with van der Waals surface area (Å²) in [6, 6.07) is 0. The predicted octanol–water partition coefficient (Wildman–Crippen LogP) is -1.17. The van der Waals surface area contributed by atoms with Gasteiger partial charge in [0.25, 0.3) is 5.56 Å².